The summed E-state index contributed by atoms with van der Waals surface area (Å²) in [6, 6.07) is 1.90. The summed E-state index contributed by atoms with van der Waals surface area (Å²) < 4.78 is 3.64. The van der Waals surface area contributed by atoms with Gasteiger partial charge in [0.2, 0.25) is 5.95 Å². The molecule has 68 valence electrons. The summed E-state index contributed by atoms with van der Waals surface area (Å²) in [7, 11) is 3.81. The summed E-state index contributed by atoms with van der Waals surface area (Å²) >= 11 is 0. The summed E-state index contributed by atoms with van der Waals surface area (Å²) in [4.78, 5) is 4.12. The van der Waals surface area contributed by atoms with E-state index in [9.17, 15) is 0 Å². The van der Waals surface area contributed by atoms with Crippen LogP contribution < -0.4 is 5.32 Å². The molecule has 0 aliphatic carbocycles. The molecule has 0 aromatic carbocycles. The molecule has 0 fully saturated rings. The molecule has 0 atom stereocenters. The van der Waals surface area contributed by atoms with Crippen LogP contribution in [0.1, 0.15) is 0 Å². The lowest BCUT2D eigenvalue weighted by atomic mass is 10.6. The van der Waals surface area contributed by atoms with Crippen LogP contribution in [0.4, 0.5) is 11.8 Å². The van der Waals surface area contributed by atoms with E-state index in [4.69, 9.17) is 0 Å². The van der Waals surface area contributed by atoms with Crippen molar-refractivity contribution in [3.8, 4) is 0 Å². The van der Waals surface area contributed by atoms with Crippen molar-refractivity contribution >= 4 is 11.8 Å². The summed E-state index contributed by atoms with van der Waals surface area (Å²) in [5, 5.41) is 7.27. The van der Waals surface area contributed by atoms with Crippen LogP contribution in [-0.4, -0.2) is 19.3 Å². The van der Waals surface area contributed by atoms with Gasteiger partial charge in [-0.25, -0.2) is 4.98 Å². The lowest BCUT2D eigenvalue weighted by Gasteiger charge is -2.00. The topological polar surface area (TPSA) is 47.7 Å². The molecule has 0 unspecified atom stereocenters. The Bertz CT molecular complexity index is 400. The number of aromatic nitrogens is 4. The molecule has 5 heteroatoms. The zero-order chi connectivity index (χ0) is 9.26. The normalized spacial score (nSPS) is 10.3. The van der Waals surface area contributed by atoms with Crippen molar-refractivity contribution in [1.82, 2.24) is 19.3 Å². The Hall–Kier alpha value is -1.78. The molecule has 0 saturated heterocycles. The van der Waals surface area contributed by atoms with E-state index < -0.39 is 0 Å². The van der Waals surface area contributed by atoms with Gasteiger partial charge in [0, 0.05) is 38.8 Å². The number of nitrogens with one attached hydrogen (secondary N) is 1. The van der Waals surface area contributed by atoms with Gasteiger partial charge in [0.1, 0.15) is 0 Å². The summed E-state index contributed by atoms with van der Waals surface area (Å²) in [6.45, 7) is 0. The Balaban J connectivity index is 2.19. The van der Waals surface area contributed by atoms with E-state index in [2.05, 4.69) is 15.4 Å². The molecule has 13 heavy (non-hydrogen) atoms. The van der Waals surface area contributed by atoms with Crippen LogP contribution in [0.25, 0.3) is 0 Å². The Morgan fingerprint density at radius 3 is 2.69 bits per heavy atom. The minimum atomic E-state index is 0.790. The van der Waals surface area contributed by atoms with Gasteiger partial charge in [0.05, 0.1) is 0 Å². The number of hydrogen-bond acceptors (Lipinski definition) is 3. The molecule has 0 bridgehead atoms. The zero-order valence-electron chi connectivity index (χ0n) is 7.60. The van der Waals surface area contributed by atoms with Gasteiger partial charge in [-0.2, -0.15) is 5.10 Å². The van der Waals surface area contributed by atoms with Crippen LogP contribution in [0, 0.1) is 0 Å². The fourth-order valence-corrected chi connectivity index (χ4v) is 1.08. The predicted octanol–water partition coefficient (Wildman–Crippen LogP) is 0.897. The first-order valence-corrected chi connectivity index (χ1v) is 4.00. The maximum Gasteiger partial charge on any atom is 0.208 e. The first-order chi connectivity index (χ1) is 6.25. The quantitative estimate of drug-likeness (QED) is 0.741. The lowest BCUT2D eigenvalue weighted by Crippen LogP contribution is -1.99. The van der Waals surface area contributed by atoms with E-state index >= 15 is 0 Å². The van der Waals surface area contributed by atoms with Gasteiger partial charge in [-0.15, -0.1) is 0 Å². The standard InChI is InChI=1S/C8H11N5/c1-12-6-4-9-8(12)10-7-3-5-13(2)11-7/h3-6H,1-2H3,(H,9,10,11). The second-order valence-electron chi connectivity index (χ2n) is 2.86. The van der Waals surface area contributed by atoms with Gasteiger partial charge in [0.15, 0.2) is 5.82 Å². The van der Waals surface area contributed by atoms with Crippen LogP contribution >= 0.6 is 0 Å². The highest BCUT2D eigenvalue weighted by atomic mass is 15.3. The van der Waals surface area contributed by atoms with Crippen LogP contribution in [0.3, 0.4) is 0 Å². The van der Waals surface area contributed by atoms with E-state index in [1.807, 2.05) is 37.1 Å². The maximum absolute atomic E-state index is 4.18. The molecule has 0 saturated carbocycles. The van der Waals surface area contributed by atoms with E-state index in [1.54, 1.807) is 10.9 Å². The molecular weight excluding hydrogens is 166 g/mol. The molecule has 2 heterocycles. The third-order valence-corrected chi connectivity index (χ3v) is 1.77. The largest absolute Gasteiger partial charge is 0.320 e. The number of anilines is 2. The number of rotatable bonds is 2. The molecule has 0 amide bonds. The molecule has 5 nitrogen and oxygen atoms in total. The summed E-state index contributed by atoms with van der Waals surface area (Å²) in [5.41, 5.74) is 0. The monoisotopic (exact) mass is 177 g/mol. The molecule has 0 aliphatic heterocycles. The average molecular weight is 177 g/mol. The van der Waals surface area contributed by atoms with Crippen molar-refractivity contribution in [3.05, 3.63) is 24.7 Å². The third-order valence-electron chi connectivity index (χ3n) is 1.77. The van der Waals surface area contributed by atoms with E-state index in [0.29, 0.717) is 0 Å². The minimum absolute atomic E-state index is 0.790. The fraction of sp³-hybridized carbons (Fsp3) is 0.250. The Morgan fingerprint density at radius 1 is 1.31 bits per heavy atom. The van der Waals surface area contributed by atoms with Crippen molar-refractivity contribution in [1.29, 1.82) is 0 Å². The third kappa shape index (κ3) is 1.53. The molecular formula is C8H11N5. The minimum Gasteiger partial charge on any atom is -0.320 e. The maximum atomic E-state index is 4.18. The Kier molecular flexibility index (Phi) is 1.77. The fourth-order valence-electron chi connectivity index (χ4n) is 1.08. The summed E-state index contributed by atoms with van der Waals surface area (Å²) in [6.07, 6.45) is 5.50. The second-order valence-corrected chi connectivity index (χ2v) is 2.86. The molecule has 2 aromatic rings. The van der Waals surface area contributed by atoms with Crippen molar-refractivity contribution in [3.63, 3.8) is 0 Å². The molecule has 1 N–H and O–H groups in total. The Morgan fingerprint density at radius 2 is 2.15 bits per heavy atom. The van der Waals surface area contributed by atoms with Gasteiger partial charge in [-0.3, -0.25) is 4.68 Å². The molecule has 0 spiro atoms. The highest BCUT2D eigenvalue weighted by Gasteiger charge is 2.00. The van der Waals surface area contributed by atoms with Crippen LogP contribution in [-0.2, 0) is 14.1 Å². The van der Waals surface area contributed by atoms with Gasteiger partial charge < -0.3 is 9.88 Å². The molecule has 2 aromatic heterocycles. The lowest BCUT2D eigenvalue weighted by molar-refractivity contribution is 0.770. The first kappa shape index (κ1) is 7.85. The average Bonchev–Trinajstić information content (AvgIpc) is 2.64. The van der Waals surface area contributed by atoms with Gasteiger partial charge >= 0.3 is 0 Å². The van der Waals surface area contributed by atoms with Crippen molar-refractivity contribution in [2.45, 2.75) is 0 Å². The summed E-state index contributed by atoms with van der Waals surface area (Å²) in [5.74, 6) is 1.59. The SMILES string of the molecule is Cn1ccc(Nc2nccn2C)n1. The smallest absolute Gasteiger partial charge is 0.208 e. The van der Waals surface area contributed by atoms with Crippen molar-refractivity contribution < 1.29 is 0 Å². The zero-order valence-corrected chi connectivity index (χ0v) is 7.60. The van der Waals surface area contributed by atoms with E-state index in [-0.39, 0.29) is 0 Å². The van der Waals surface area contributed by atoms with Crippen LogP contribution in [0.15, 0.2) is 24.7 Å². The van der Waals surface area contributed by atoms with Crippen molar-refractivity contribution in [2.24, 2.45) is 14.1 Å². The van der Waals surface area contributed by atoms with Gasteiger partial charge in [-0.05, 0) is 0 Å². The molecule has 0 radical (unpaired) electrons. The van der Waals surface area contributed by atoms with Crippen molar-refractivity contribution in [2.75, 3.05) is 5.32 Å². The highest BCUT2D eigenvalue weighted by Crippen LogP contribution is 2.09. The number of nitrogens with zero attached hydrogens (tertiary/aromatic N) is 4. The second kappa shape index (κ2) is 2.93. The van der Waals surface area contributed by atoms with Gasteiger partial charge in [-0.1, -0.05) is 0 Å². The van der Waals surface area contributed by atoms with Crippen LogP contribution in [0.5, 0.6) is 0 Å². The van der Waals surface area contributed by atoms with Crippen LogP contribution in [0.2, 0.25) is 0 Å². The number of aryl methyl sites for hydroxylation is 2. The first-order valence-electron chi connectivity index (χ1n) is 4.00. The number of hydrogen-bond donors (Lipinski definition) is 1. The van der Waals surface area contributed by atoms with E-state index in [1.165, 1.54) is 0 Å². The number of imidazole rings is 1. The molecule has 0 aliphatic rings. The van der Waals surface area contributed by atoms with E-state index in [0.717, 1.165) is 11.8 Å². The highest BCUT2D eigenvalue weighted by molar-refractivity contribution is 5.46. The van der Waals surface area contributed by atoms with Gasteiger partial charge in [0.25, 0.3) is 0 Å². The predicted molar refractivity (Wildman–Crippen MR) is 49.7 cm³/mol. The Labute approximate surface area is 76.0 Å². The molecule has 2 rings (SSSR count).